The lowest BCUT2D eigenvalue weighted by atomic mass is 10.0. The minimum atomic E-state index is -1.82. The van der Waals surface area contributed by atoms with Crippen LogP contribution in [0.2, 0.25) is 0 Å². The minimum Gasteiger partial charge on any atom is -0.481 e. The smallest absolute Gasteiger partial charge is 0.305 e. The molecule has 570 valence electrons. The zero-order valence-electron chi connectivity index (χ0n) is 57.6. The molecule has 0 aliphatic rings. The van der Waals surface area contributed by atoms with Crippen molar-refractivity contribution >= 4 is 94.8 Å². The Balaban J connectivity index is 6.83. The fraction of sp³-hybridized carbons (Fsp3) is 0.738. The Morgan fingerprint density at radius 2 is 0.630 bits per heavy atom. The van der Waals surface area contributed by atoms with Crippen LogP contribution in [-0.4, -0.2) is 227 Å². The molecule has 100 heavy (non-hydrogen) atoms. The molecule has 0 bridgehead atoms. The van der Waals surface area contributed by atoms with Gasteiger partial charge in [0.25, 0.3) is 0 Å². The number of aliphatic carboxylic acids is 2. The molecule has 0 spiro atoms. The Kier molecular flexibility index (Phi) is 48.7. The molecule has 0 aromatic rings. The molecule has 0 unspecified atom stereocenters. The molecule has 0 fully saturated rings. The number of rotatable bonds is 58. The Morgan fingerprint density at radius 1 is 0.330 bits per heavy atom. The maximum Gasteiger partial charge on any atom is 0.305 e. The number of carbonyl (C=O) groups is 13. The van der Waals surface area contributed by atoms with Gasteiger partial charge in [0, 0.05) is 32.5 Å². The second-order valence-corrected chi connectivity index (χ2v) is 23.9. The van der Waals surface area contributed by atoms with Crippen molar-refractivity contribution in [2.75, 3.05) is 46.0 Å². The van der Waals surface area contributed by atoms with Crippen LogP contribution < -0.4 is 99.0 Å². The summed E-state index contributed by atoms with van der Waals surface area (Å²) < 4.78 is 0. The maximum atomic E-state index is 14.5. The van der Waals surface area contributed by atoms with Gasteiger partial charge in [0.2, 0.25) is 65.0 Å². The van der Waals surface area contributed by atoms with E-state index >= 15 is 0 Å². The lowest BCUT2D eigenvalue weighted by molar-refractivity contribution is -0.140. The van der Waals surface area contributed by atoms with Gasteiger partial charge in [-0.25, -0.2) is 0 Å². The first-order valence-corrected chi connectivity index (χ1v) is 33.9. The van der Waals surface area contributed by atoms with Crippen LogP contribution in [0.4, 0.5) is 0 Å². The highest BCUT2D eigenvalue weighted by Gasteiger charge is 2.36. The fourth-order valence-corrected chi connectivity index (χ4v) is 9.75. The van der Waals surface area contributed by atoms with E-state index in [1.165, 1.54) is 44.9 Å². The molecule has 0 radical (unpaired) electrons. The molecule has 0 saturated carbocycles. The van der Waals surface area contributed by atoms with Crippen LogP contribution in [0.25, 0.3) is 0 Å². The number of carboxylic acids is 2. The predicted octanol–water partition coefficient (Wildman–Crippen LogP) is -6.57. The molecule has 0 heterocycles. The molecule has 0 saturated heterocycles. The van der Waals surface area contributed by atoms with E-state index in [4.69, 9.17) is 51.0 Å². The number of hydrogen-bond acceptors (Lipinski definition) is 20. The summed E-state index contributed by atoms with van der Waals surface area (Å²) in [5.74, 6) is -15.5. The van der Waals surface area contributed by atoms with Crippen LogP contribution in [0.1, 0.15) is 181 Å². The van der Waals surface area contributed by atoms with E-state index in [-0.39, 0.29) is 108 Å². The lowest BCUT2D eigenvalue weighted by Gasteiger charge is -2.28. The zero-order chi connectivity index (χ0) is 75.5. The van der Waals surface area contributed by atoms with Crippen molar-refractivity contribution in [3.8, 4) is 0 Å². The molecule has 0 aromatic heterocycles. The number of carboxylic acid groups (broad SMARTS) is 2. The summed E-state index contributed by atoms with van der Waals surface area (Å²) in [5, 5.41) is 73.0. The number of nitrogens with zero attached hydrogens (tertiary/aromatic N) is 3. The number of nitrogens with two attached hydrogens (primary N) is 8. The number of aliphatic hydroxyl groups excluding tert-OH is 3. The van der Waals surface area contributed by atoms with Crippen LogP contribution in [0.3, 0.4) is 0 Å². The maximum absolute atomic E-state index is 14.5. The third kappa shape index (κ3) is 42.5. The van der Waals surface area contributed by atoms with Gasteiger partial charge in [-0.05, 0) is 84.1 Å². The van der Waals surface area contributed by atoms with Crippen molar-refractivity contribution in [2.45, 2.75) is 241 Å². The molecule has 11 amide bonds. The highest BCUT2D eigenvalue weighted by Crippen LogP contribution is 2.14. The van der Waals surface area contributed by atoms with Gasteiger partial charge in [0.15, 0.2) is 17.9 Å². The van der Waals surface area contributed by atoms with Gasteiger partial charge in [0.1, 0.15) is 60.4 Å². The first-order valence-electron chi connectivity index (χ1n) is 33.9. The van der Waals surface area contributed by atoms with E-state index in [9.17, 15) is 82.8 Å². The molecule has 0 aliphatic carbocycles. The largest absolute Gasteiger partial charge is 0.481 e. The van der Waals surface area contributed by atoms with Crippen molar-refractivity contribution in [1.29, 1.82) is 0 Å². The van der Waals surface area contributed by atoms with Gasteiger partial charge in [0.05, 0.1) is 26.2 Å². The summed E-state index contributed by atoms with van der Waals surface area (Å²) in [4.78, 5) is 184. The number of aliphatic imine (C=N–C) groups is 3. The van der Waals surface area contributed by atoms with Crippen LogP contribution in [0, 0.1) is 0 Å². The van der Waals surface area contributed by atoms with Gasteiger partial charge >= 0.3 is 11.9 Å². The molecule has 39 nitrogen and oxygen atoms in total. The quantitative estimate of drug-likeness (QED) is 0.0153. The summed E-state index contributed by atoms with van der Waals surface area (Å²) in [6.07, 6.45) is 11.3. The van der Waals surface area contributed by atoms with E-state index in [1.54, 1.807) is 0 Å². The second-order valence-electron chi connectivity index (χ2n) is 23.9. The Morgan fingerprint density at radius 3 is 0.950 bits per heavy atom. The molecular formula is C61H113N21O18. The average molecular weight is 1430 g/mol. The summed E-state index contributed by atoms with van der Waals surface area (Å²) in [6, 6.07) is -16.6. The Hall–Kier alpha value is -9.24. The van der Waals surface area contributed by atoms with Gasteiger partial charge < -0.3 is 125 Å². The topological polar surface area (TPSA) is 689 Å². The van der Waals surface area contributed by atoms with Crippen molar-refractivity contribution in [1.82, 2.24) is 53.2 Å². The summed E-state index contributed by atoms with van der Waals surface area (Å²) in [5.41, 5.74) is 43.9. The van der Waals surface area contributed by atoms with Gasteiger partial charge in [-0.3, -0.25) is 77.3 Å². The average Bonchev–Trinajstić information content (AvgIpc) is 0.869. The van der Waals surface area contributed by atoms with E-state index in [1.807, 2.05) is 0 Å². The SMILES string of the molecule is CCCCCCCCCCCCCCCC(=O)N[C@@H](CO)C(=O)N[C@@H](CO)C(=O)N[C@@H](CCCN=C(N)N)C(=O)N[C@@H](CCC(=O)O)C(=O)N[C@@H](CCCCN)C(=O)N[C@@H](CCCN=C(N)N)C(=O)N[C@@H](CCCN=C(N)N)C(=O)N[C@@H](CO)C(=O)N[C@@H](C)C(=O)N[C@@H](CC(=O)O)C(N)=O. The van der Waals surface area contributed by atoms with Crippen molar-refractivity contribution in [3.05, 3.63) is 0 Å². The predicted molar refractivity (Wildman–Crippen MR) is 368 cm³/mol. The number of nitrogens with one attached hydrogen (secondary N) is 10. The standard InChI is InChI=1S/C61H113N21O18/c1-3-4-5-6-7-8-9-10-11-12-13-14-15-25-46(86)74-43(33-83)57(99)82-45(35-85)58(100)78-39(23-19-30-71-60(66)67)53(95)79-41(26-27-47(87)88)55(97)75-37(21-16-17-28-62)51(93)76-38(22-18-29-70-59(64)65)52(94)77-40(24-20-31-72-61(68)69)54(96)81-44(34-84)56(98)73-36(2)50(92)80-42(49(63)91)32-48(89)90/h36-45,83-85H,3-35,62H2,1-2H3,(H2,63,91)(H,73,98)(H,74,86)(H,75,97)(H,76,93)(H,77,94)(H,78,100)(H,79,95)(H,80,92)(H,81,96)(H,82,99)(H,87,88)(H,89,90)(H4,64,65,70)(H4,66,67,71)(H4,68,69,72)/t36-,37-,38-,39-,40-,41-,42-,43-,44-,45-/m0/s1. The Bertz CT molecular complexity index is 2660. The molecule has 31 N–H and O–H groups in total. The van der Waals surface area contributed by atoms with Crippen LogP contribution in [-0.2, 0) is 62.3 Å². The number of guanidine groups is 3. The van der Waals surface area contributed by atoms with Crippen LogP contribution in [0.5, 0.6) is 0 Å². The molecular weight excluding hydrogens is 1310 g/mol. The monoisotopic (exact) mass is 1430 g/mol. The lowest BCUT2D eigenvalue weighted by Crippen LogP contribution is -2.61. The normalized spacial score (nSPS) is 13.9. The van der Waals surface area contributed by atoms with Crippen LogP contribution >= 0.6 is 0 Å². The van der Waals surface area contributed by atoms with Crippen molar-refractivity contribution in [3.63, 3.8) is 0 Å². The highest BCUT2D eigenvalue weighted by atomic mass is 16.4. The molecule has 0 aliphatic heterocycles. The van der Waals surface area contributed by atoms with E-state index in [0.717, 1.165) is 39.0 Å². The number of carbonyl (C=O) groups excluding carboxylic acids is 11. The number of unbranched alkanes of at least 4 members (excludes halogenated alkanes) is 13. The fourth-order valence-electron chi connectivity index (χ4n) is 9.75. The number of primary amides is 1. The van der Waals surface area contributed by atoms with E-state index in [2.05, 4.69) is 75.1 Å². The van der Waals surface area contributed by atoms with Gasteiger partial charge in [-0.15, -0.1) is 0 Å². The highest BCUT2D eigenvalue weighted by molar-refractivity contribution is 5.99. The first-order chi connectivity index (χ1) is 47.4. The van der Waals surface area contributed by atoms with E-state index < -0.39 is 176 Å². The molecule has 0 rings (SSSR count). The van der Waals surface area contributed by atoms with Crippen LogP contribution in [0.15, 0.2) is 15.0 Å². The minimum absolute atomic E-state index is 0.0168. The van der Waals surface area contributed by atoms with Crippen molar-refractivity contribution in [2.24, 2.45) is 60.8 Å². The van der Waals surface area contributed by atoms with Gasteiger partial charge in [-0.2, -0.15) is 0 Å². The summed E-state index contributed by atoms with van der Waals surface area (Å²) in [7, 11) is 0. The molecule has 0 aromatic carbocycles. The molecule has 10 atom stereocenters. The van der Waals surface area contributed by atoms with E-state index in [0.29, 0.717) is 6.42 Å². The molecule has 39 heteroatoms. The number of hydrogen-bond donors (Lipinski definition) is 23. The second kappa shape index (κ2) is 53.7. The number of amides is 11. The Labute approximate surface area is 582 Å². The summed E-state index contributed by atoms with van der Waals surface area (Å²) >= 11 is 0. The van der Waals surface area contributed by atoms with Crippen molar-refractivity contribution < 1.29 is 87.9 Å². The third-order valence-corrected chi connectivity index (χ3v) is 15.4. The number of aliphatic hydroxyl groups is 3. The first kappa shape index (κ1) is 90.8. The van der Waals surface area contributed by atoms with Gasteiger partial charge in [-0.1, -0.05) is 84.0 Å². The summed E-state index contributed by atoms with van der Waals surface area (Å²) in [6.45, 7) is 0.0811. The zero-order valence-corrected chi connectivity index (χ0v) is 57.6. The third-order valence-electron chi connectivity index (χ3n) is 15.4.